The molecule has 0 nitrogen and oxygen atoms in total. The van der Waals surface area contributed by atoms with Gasteiger partial charge in [-0.1, -0.05) is 30.3 Å². The average molecular weight is 192 g/mol. The van der Waals surface area contributed by atoms with Crippen LogP contribution in [0, 0.1) is 0 Å². The summed E-state index contributed by atoms with van der Waals surface area (Å²) in [5.74, 6) is 0.612. The number of alkyl halides is 1. The number of benzene rings is 1. The monoisotopic (exact) mass is 190 g/mol. The number of hydrogen-bond acceptors (Lipinski definition) is 0. The molecule has 0 bridgehead atoms. The van der Waals surface area contributed by atoms with Crippen molar-refractivity contribution in [2.45, 2.75) is 5.88 Å². The van der Waals surface area contributed by atoms with Crippen molar-refractivity contribution >= 4 is 11.6 Å². The zero-order chi connectivity index (χ0) is 5.82. The Bertz CT molecular complexity index is 150. The molecule has 1 aromatic rings. The van der Waals surface area contributed by atoms with E-state index in [4.69, 9.17) is 11.6 Å². The summed E-state index contributed by atoms with van der Waals surface area (Å²) in [6.45, 7) is 0. The molecule has 0 N–H and O–H groups in total. The molecule has 0 aliphatic carbocycles. The van der Waals surface area contributed by atoms with Crippen molar-refractivity contribution in [3.8, 4) is 0 Å². The van der Waals surface area contributed by atoms with E-state index in [1.807, 2.05) is 30.3 Å². The van der Waals surface area contributed by atoms with Crippen LogP contribution in [0.2, 0.25) is 0 Å². The van der Waals surface area contributed by atoms with Crippen LogP contribution in [0.4, 0.5) is 0 Å². The largest absolute Gasteiger partial charge is 2.00 e. The van der Waals surface area contributed by atoms with Gasteiger partial charge in [-0.25, -0.2) is 0 Å². The molecule has 0 fully saturated rings. The van der Waals surface area contributed by atoms with E-state index in [9.17, 15) is 0 Å². The zero-order valence-corrected chi connectivity index (χ0v) is 8.90. The SMILES string of the molecule is ClCc1ccccc1.[Zn+2]. The van der Waals surface area contributed by atoms with Crippen LogP contribution in [0.25, 0.3) is 0 Å². The molecule has 0 spiro atoms. The van der Waals surface area contributed by atoms with E-state index in [-0.39, 0.29) is 19.5 Å². The molecular formula is C7H7ClZn+2. The predicted molar refractivity (Wildman–Crippen MR) is 36.0 cm³/mol. The second kappa shape index (κ2) is 4.96. The van der Waals surface area contributed by atoms with Crippen LogP contribution < -0.4 is 0 Å². The summed E-state index contributed by atoms with van der Waals surface area (Å²) in [5.41, 5.74) is 1.18. The van der Waals surface area contributed by atoms with Gasteiger partial charge in [-0.3, -0.25) is 0 Å². The van der Waals surface area contributed by atoms with Gasteiger partial charge in [-0.05, 0) is 5.56 Å². The van der Waals surface area contributed by atoms with Gasteiger partial charge < -0.3 is 0 Å². The second-order valence-corrected chi connectivity index (χ2v) is 1.89. The van der Waals surface area contributed by atoms with E-state index in [0.29, 0.717) is 5.88 Å². The first-order valence-corrected chi connectivity index (χ1v) is 3.07. The van der Waals surface area contributed by atoms with Gasteiger partial charge in [0, 0.05) is 5.88 Å². The van der Waals surface area contributed by atoms with E-state index < -0.39 is 0 Å². The van der Waals surface area contributed by atoms with Crippen LogP contribution in [0.5, 0.6) is 0 Å². The molecule has 0 radical (unpaired) electrons. The molecule has 42 valence electrons. The van der Waals surface area contributed by atoms with Crippen LogP contribution in [0.3, 0.4) is 0 Å². The Morgan fingerprint density at radius 3 is 2.00 bits per heavy atom. The molecular weight excluding hydrogens is 185 g/mol. The summed E-state index contributed by atoms with van der Waals surface area (Å²) in [7, 11) is 0. The van der Waals surface area contributed by atoms with Gasteiger partial charge in [0.15, 0.2) is 0 Å². The van der Waals surface area contributed by atoms with Gasteiger partial charge in [0.1, 0.15) is 0 Å². The maximum absolute atomic E-state index is 5.53. The summed E-state index contributed by atoms with van der Waals surface area (Å²) in [6, 6.07) is 9.96. The van der Waals surface area contributed by atoms with Crippen LogP contribution in [0.15, 0.2) is 30.3 Å². The first-order chi connectivity index (χ1) is 3.93. The Hall–Kier alpha value is 0.133. The Morgan fingerprint density at radius 1 is 1.11 bits per heavy atom. The Morgan fingerprint density at radius 2 is 1.67 bits per heavy atom. The third-order valence-electron chi connectivity index (χ3n) is 0.997. The van der Waals surface area contributed by atoms with Crippen molar-refractivity contribution in [1.82, 2.24) is 0 Å². The normalized spacial score (nSPS) is 8.11. The Kier molecular flexibility index (Phi) is 5.03. The summed E-state index contributed by atoms with van der Waals surface area (Å²) in [4.78, 5) is 0. The number of halogens is 1. The number of hydrogen-bond donors (Lipinski definition) is 0. The van der Waals surface area contributed by atoms with Crippen molar-refractivity contribution in [2.75, 3.05) is 0 Å². The van der Waals surface area contributed by atoms with Gasteiger partial charge >= 0.3 is 19.5 Å². The standard InChI is InChI=1S/C7H7Cl.Zn/c8-6-7-4-2-1-3-5-7;/h1-5H,6H2;/q;+2. The Balaban J connectivity index is 0.000000640. The second-order valence-electron chi connectivity index (χ2n) is 1.62. The van der Waals surface area contributed by atoms with Gasteiger partial charge in [0.2, 0.25) is 0 Å². The maximum Gasteiger partial charge on any atom is 2.00 e. The van der Waals surface area contributed by atoms with Crippen molar-refractivity contribution < 1.29 is 19.5 Å². The average Bonchev–Trinajstić information content (AvgIpc) is 1.90. The van der Waals surface area contributed by atoms with Crippen LogP contribution in [-0.2, 0) is 25.4 Å². The topological polar surface area (TPSA) is 0 Å². The van der Waals surface area contributed by atoms with E-state index in [2.05, 4.69) is 0 Å². The van der Waals surface area contributed by atoms with Gasteiger partial charge in [-0.15, -0.1) is 11.6 Å². The van der Waals surface area contributed by atoms with E-state index in [1.54, 1.807) is 0 Å². The molecule has 2 heteroatoms. The smallest absolute Gasteiger partial charge is 0.122 e. The van der Waals surface area contributed by atoms with E-state index in [1.165, 1.54) is 5.56 Å². The zero-order valence-electron chi connectivity index (χ0n) is 5.18. The fourth-order valence-electron chi connectivity index (χ4n) is 0.567. The number of rotatable bonds is 1. The molecule has 0 unspecified atom stereocenters. The molecule has 0 aliphatic rings. The summed E-state index contributed by atoms with van der Waals surface area (Å²) in [6.07, 6.45) is 0. The van der Waals surface area contributed by atoms with Crippen molar-refractivity contribution in [2.24, 2.45) is 0 Å². The minimum Gasteiger partial charge on any atom is -0.122 e. The first kappa shape index (κ1) is 9.13. The first-order valence-electron chi connectivity index (χ1n) is 2.53. The van der Waals surface area contributed by atoms with Crippen molar-refractivity contribution in [1.29, 1.82) is 0 Å². The fourth-order valence-corrected chi connectivity index (χ4v) is 0.745. The van der Waals surface area contributed by atoms with E-state index >= 15 is 0 Å². The molecule has 0 aliphatic heterocycles. The molecule has 9 heavy (non-hydrogen) atoms. The summed E-state index contributed by atoms with van der Waals surface area (Å²) in [5, 5.41) is 0. The fraction of sp³-hybridized carbons (Fsp3) is 0.143. The minimum atomic E-state index is 0. The van der Waals surface area contributed by atoms with Crippen LogP contribution in [-0.4, -0.2) is 0 Å². The van der Waals surface area contributed by atoms with Gasteiger partial charge in [0.25, 0.3) is 0 Å². The third kappa shape index (κ3) is 2.98. The molecule has 0 saturated heterocycles. The maximum atomic E-state index is 5.53. The quantitative estimate of drug-likeness (QED) is 0.473. The molecule has 1 aromatic carbocycles. The third-order valence-corrected chi connectivity index (χ3v) is 1.31. The van der Waals surface area contributed by atoms with Crippen molar-refractivity contribution in [3.05, 3.63) is 35.9 Å². The summed E-state index contributed by atoms with van der Waals surface area (Å²) < 4.78 is 0. The van der Waals surface area contributed by atoms with Gasteiger partial charge in [0.05, 0.1) is 0 Å². The molecule has 0 atom stereocenters. The van der Waals surface area contributed by atoms with Crippen molar-refractivity contribution in [3.63, 3.8) is 0 Å². The molecule has 1 rings (SSSR count). The van der Waals surface area contributed by atoms with E-state index in [0.717, 1.165) is 0 Å². The molecule has 0 amide bonds. The van der Waals surface area contributed by atoms with Crippen LogP contribution >= 0.6 is 11.6 Å². The van der Waals surface area contributed by atoms with Crippen LogP contribution in [0.1, 0.15) is 5.56 Å². The molecule has 0 heterocycles. The molecule has 0 aromatic heterocycles. The predicted octanol–water partition coefficient (Wildman–Crippen LogP) is 2.42. The Labute approximate surface area is 73.0 Å². The van der Waals surface area contributed by atoms with Gasteiger partial charge in [-0.2, -0.15) is 0 Å². The molecule has 0 saturated carbocycles. The minimum absolute atomic E-state index is 0. The summed E-state index contributed by atoms with van der Waals surface area (Å²) >= 11 is 5.53.